The highest BCUT2D eigenvalue weighted by Gasteiger charge is 2.34. The average Bonchev–Trinajstić information content (AvgIpc) is 3.23. The van der Waals surface area contributed by atoms with Gasteiger partial charge < -0.3 is 10.0 Å². The van der Waals surface area contributed by atoms with E-state index in [0.29, 0.717) is 48.9 Å². The highest BCUT2D eigenvalue weighted by Crippen LogP contribution is 2.41. The lowest BCUT2D eigenvalue weighted by molar-refractivity contribution is -0.140. The van der Waals surface area contributed by atoms with Crippen LogP contribution in [0.4, 0.5) is 17.6 Å². The molecule has 7 nitrogen and oxygen atoms in total. The molecule has 1 amide bonds. The molecule has 0 bridgehead atoms. The molecule has 0 aliphatic carbocycles. The summed E-state index contributed by atoms with van der Waals surface area (Å²) in [4.78, 5) is 21.7. The topological polar surface area (TPSA) is 95.0 Å². The zero-order valence-electron chi connectivity index (χ0n) is 17.6. The van der Waals surface area contributed by atoms with Crippen molar-refractivity contribution in [3.63, 3.8) is 0 Å². The highest BCUT2D eigenvalue weighted by atomic mass is 19.4. The summed E-state index contributed by atoms with van der Waals surface area (Å²) >= 11 is 0. The van der Waals surface area contributed by atoms with Gasteiger partial charge in [0.1, 0.15) is 23.9 Å². The third-order valence-electron chi connectivity index (χ3n) is 5.75. The molecule has 1 fully saturated rings. The van der Waals surface area contributed by atoms with Gasteiger partial charge in [0.15, 0.2) is 0 Å². The van der Waals surface area contributed by atoms with Crippen molar-refractivity contribution >= 4 is 5.91 Å². The summed E-state index contributed by atoms with van der Waals surface area (Å²) in [7, 11) is 0. The summed E-state index contributed by atoms with van der Waals surface area (Å²) in [5.41, 5.74) is 0.142. The van der Waals surface area contributed by atoms with E-state index in [1.165, 1.54) is 19.4 Å². The highest BCUT2D eigenvalue weighted by molar-refractivity contribution is 5.82. The van der Waals surface area contributed by atoms with E-state index < -0.39 is 23.7 Å². The molecular weight excluding hydrogens is 442 g/mol. The Morgan fingerprint density at radius 2 is 1.97 bits per heavy atom. The predicted molar refractivity (Wildman–Crippen MR) is 110 cm³/mol. The van der Waals surface area contributed by atoms with Gasteiger partial charge in [-0.05, 0) is 44.0 Å². The number of alkyl halides is 3. The Kier molecular flexibility index (Phi) is 6.15. The Morgan fingerprint density at radius 1 is 1.24 bits per heavy atom. The third-order valence-corrected chi connectivity index (χ3v) is 5.75. The Labute approximate surface area is 186 Å². The lowest BCUT2D eigenvalue weighted by atomic mass is 9.88. The number of carbonyl (C=O) groups excluding carboxylic acids is 1. The van der Waals surface area contributed by atoms with E-state index in [0.717, 1.165) is 12.1 Å². The third kappa shape index (κ3) is 4.58. The van der Waals surface area contributed by atoms with Crippen LogP contribution in [0.5, 0.6) is 0 Å². The number of nitrogens with one attached hydrogen (secondary N) is 1. The number of hydrogen-bond acceptors (Lipinski definition) is 5. The number of aromatic nitrogens is 4. The lowest BCUT2D eigenvalue weighted by Gasteiger charge is -2.32. The van der Waals surface area contributed by atoms with Gasteiger partial charge in [0.25, 0.3) is 5.91 Å². The molecule has 0 unspecified atom stereocenters. The maximum atomic E-state index is 14.7. The van der Waals surface area contributed by atoms with Crippen molar-refractivity contribution in [1.29, 1.82) is 0 Å². The minimum Gasteiger partial charge on any atom is -0.384 e. The Balaban J connectivity index is 1.76. The number of aromatic amines is 1. The Bertz CT molecular complexity index is 1140. The van der Waals surface area contributed by atoms with Gasteiger partial charge in [0, 0.05) is 42.0 Å². The number of amides is 1. The molecule has 0 saturated carbocycles. The lowest BCUT2D eigenvalue weighted by Crippen LogP contribution is -2.42. The molecule has 1 aliphatic heterocycles. The van der Waals surface area contributed by atoms with Crippen molar-refractivity contribution < 1.29 is 27.5 Å². The van der Waals surface area contributed by atoms with Crippen molar-refractivity contribution in [2.24, 2.45) is 0 Å². The van der Waals surface area contributed by atoms with Crippen LogP contribution < -0.4 is 0 Å². The van der Waals surface area contributed by atoms with Gasteiger partial charge in [0.2, 0.25) is 0 Å². The number of likely N-dealkylation sites (tertiary alicyclic amines) is 1. The van der Waals surface area contributed by atoms with Crippen molar-refractivity contribution in [1.82, 2.24) is 25.1 Å². The fourth-order valence-electron chi connectivity index (χ4n) is 4.08. The van der Waals surface area contributed by atoms with Crippen LogP contribution in [0.15, 0.2) is 36.8 Å². The van der Waals surface area contributed by atoms with Gasteiger partial charge >= 0.3 is 6.18 Å². The van der Waals surface area contributed by atoms with Gasteiger partial charge in [-0.25, -0.2) is 14.4 Å². The quantitative estimate of drug-likeness (QED) is 0.575. The van der Waals surface area contributed by atoms with Crippen LogP contribution in [0, 0.1) is 5.82 Å². The molecule has 174 valence electrons. The van der Waals surface area contributed by atoms with Crippen LogP contribution in [0.2, 0.25) is 0 Å². The smallest absolute Gasteiger partial charge is 0.384 e. The monoisotopic (exact) mass is 463 g/mol. The van der Waals surface area contributed by atoms with E-state index in [2.05, 4.69) is 20.2 Å². The zero-order valence-corrected chi connectivity index (χ0v) is 17.6. The molecule has 33 heavy (non-hydrogen) atoms. The minimum atomic E-state index is -4.64. The van der Waals surface area contributed by atoms with Crippen LogP contribution in [0.3, 0.4) is 0 Å². The number of rotatable bonds is 4. The first kappa shape index (κ1) is 22.8. The molecule has 2 N–H and O–H groups in total. The second-order valence-electron chi connectivity index (χ2n) is 7.92. The number of aliphatic hydroxyl groups is 1. The molecule has 1 aliphatic rings. The van der Waals surface area contributed by atoms with E-state index in [1.807, 2.05) is 0 Å². The predicted octanol–water partition coefficient (Wildman–Crippen LogP) is 3.78. The number of benzene rings is 1. The minimum absolute atomic E-state index is 0.0230. The SMILES string of the molecule is C[C@H](O)C(=O)N1CCC(c2[nH]nc(-c3cc(C(F)(F)F)ccc3F)c2-c2ccncn2)CC1. The molecule has 4 rings (SSSR count). The van der Waals surface area contributed by atoms with Crippen molar-refractivity contribution in [3.8, 4) is 22.5 Å². The first-order chi connectivity index (χ1) is 15.7. The Hall–Kier alpha value is -3.34. The first-order valence-corrected chi connectivity index (χ1v) is 10.4. The maximum Gasteiger partial charge on any atom is 0.416 e. The van der Waals surface area contributed by atoms with Crippen LogP contribution in [0.25, 0.3) is 22.5 Å². The van der Waals surface area contributed by atoms with E-state index in [1.54, 1.807) is 11.0 Å². The molecule has 0 radical (unpaired) electrons. The normalized spacial score (nSPS) is 16.1. The number of hydrogen-bond donors (Lipinski definition) is 2. The first-order valence-electron chi connectivity index (χ1n) is 10.4. The average molecular weight is 463 g/mol. The summed E-state index contributed by atoms with van der Waals surface area (Å²) < 4.78 is 54.5. The van der Waals surface area contributed by atoms with Gasteiger partial charge in [0.05, 0.1) is 11.3 Å². The van der Waals surface area contributed by atoms with Gasteiger partial charge in [-0.2, -0.15) is 18.3 Å². The number of carbonyl (C=O) groups is 1. The fourth-order valence-corrected chi connectivity index (χ4v) is 4.08. The summed E-state index contributed by atoms with van der Waals surface area (Å²) in [6, 6.07) is 3.78. The molecular formula is C22H21F4N5O2. The van der Waals surface area contributed by atoms with Crippen LogP contribution in [-0.2, 0) is 11.0 Å². The largest absolute Gasteiger partial charge is 0.416 e. The van der Waals surface area contributed by atoms with Crippen molar-refractivity contribution in [3.05, 3.63) is 53.9 Å². The van der Waals surface area contributed by atoms with E-state index in [9.17, 15) is 27.5 Å². The molecule has 1 saturated heterocycles. The van der Waals surface area contributed by atoms with Crippen LogP contribution in [0.1, 0.15) is 36.9 Å². The standard InChI is InChI=1S/C22H21F4N5O2/c1-12(32)21(33)31-8-5-13(6-9-31)19-18(17-4-7-27-11-28-17)20(30-29-19)15-10-14(22(24,25)26)2-3-16(15)23/h2-4,7,10-13,32H,5-6,8-9H2,1H3,(H,29,30)/t12-/m0/s1. The van der Waals surface area contributed by atoms with Crippen LogP contribution in [-0.4, -0.2) is 55.3 Å². The van der Waals surface area contributed by atoms with E-state index in [4.69, 9.17) is 0 Å². The maximum absolute atomic E-state index is 14.7. The number of H-pyrrole nitrogens is 1. The molecule has 3 heterocycles. The molecule has 1 atom stereocenters. The second-order valence-corrected chi connectivity index (χ2v) is 7.92. The number of aliphatic hydroxyl groups excluding tert-OH is 1. The molecule has 0 spiro atoms. The molecule has 1 aromatic carbocycles. The number of piperidine rings is 1. The number of nitrogens with zero attached hydrogens (tertiary/aromatic N) is 4. The second kappa shape index (κ2) is 8.89. The molecule has 2 aromatic heterocycles. The van der Waals surface area contributed by atoms with E-state index in [-0.39, 0.29) is 23.1 Å². The van der Waals surface area contributed by atoms with Gasteiger partial charge in [-0.15, -0.1) is 0 Å². The molecule has 11 heteroatoms. The Morgan fingerprint density at radius 3 is 2.58 bits per heavy atom. The summed E-state index contributed by atoms with van der Waals surface area (Å²) in [6.07, 6.45) is -1.90. The fraction of sp³-hybridized carbons (Fsp3) is 0.364. The van der Waals surface area contributed by atoms with Crippen molar-refractivity contribution in [2.45, 2.75) is 38.0 Å². The summed E-state index contributed by atoms with van der Waals surface area (Å²) in [6.45, 7) is 2.19. The van der Waals surface area contributed by atoms with Gasteiger partial charge in [-0.3, -0.25) is 9.89 Å². The van der Waals surface area contributed by atoms with Crippen molar-refractivity contribution in [2.75, 3.05) is 13.1 Å². The summed E-state index contributed by atoms with van der Waals surface area (Å²) in [5.74, 6) is -1.32. The van der Waals surface area contributed by atoms with Gasteiger partial charge in [-0.1, -0.05) is 0 Å². The molecule has 3 aromatic rings. The van der Waals surface area contributed by atoms with E-state index >= 15 is 0 Å². The number of halogens is 4. The van der Waals surface area contributed by atoms with Crippen LogP contribution >= 0.6 is 0 Å². The summed E-state index contributed by atoms with van der Waals surface area (Å²) in [5, 5.41) is 16.6. The zero-order chi connectivity index (χ0) is 23.8.